The quantitative estimate of drug-likeness (QED) is 0.585. The van der Waals surface area contributed by atoms with Crippen molar-refractivity contribution < 1.29 is 0 Å². The van der Waals surface area contributed by atoms with Crippen LogP contribution >= 0.6 is 0 Å². The Balaban J connectivity index is 2.07. The fourth-order valence-electron chi connectivity index (χ4n) is 3.44. The first-order chi connectivity index (χ1) is 8.55. The van der Waals surface area contributed by atoms with Gasteiger partial charge in [0.05, 0.1) is 0 Å². The topological polar surface area (TPSA) is 26.0 Å². The number of unbranched alkanes of at least 4 members (excludes halogenated alkanes) is 6. The first kappa shape index (κ1) is 16.0. The van der Waals surface area contributed by atoms with Gasteiger partial charge in [-0.25, -0.2) is 0 Å². The van der Waals surface area contributed by atoms with Crippen molar-refractivity contribution in [2.24, 2.45) is 17.1 Å². The van der Waals surface area contributed by atoms with Gasteiger partial charge in [0.2, 0.25) is 0 Å². The molecule has 0 heterocycles. The van der Waals surface area contributed by atoms with Crippen LogP contribution in [0.3, 0.4) is 0 Å². The maximum Gasteiger partial charge on any atom is 0.00675 e. The summed E-state index contributed by atoms with van der Waals surface area (Å²) in [5.41, 5.74) is 6.82. The van der Waals surface area contributed by atoms with Gasteiger partial charge in [-0.1, -0.05) is 65.7 Å². The normalized spacial score (nSPS) is 27.3. The van der Waals surface area contributed by atoms with E-state index in [1.807, 2.05) is 0 Å². The van der Waals surface area contributed by atoms with Gasteiger partial charge in [-0.2, -0.15) is 0 Å². The Bertz CT molecular complexity index is 210. The minimum absolute atomic E-state index is 0.484. The fraction of sp³-hybridized carbons (Fsp3) is 1.00. The monoisotopic (exact) mass is 253 g/mol. The summed E-state index contributed by atoms with van der Waals surface area (Å²) < 4.78 is 0. The van der Waals surface area contributed by atoms with Crippen LogP contribution in [0, 0.1) is 11.3 Å². The summed E-state index contributed by atoms with van der Waals surface area (Å²) in [6.07, 6.45) is 15.2. The van der Waals surface area contributed by atoms with E-state index in [-0.39, 0.29) is 0 Å². The predicted molar refractivity (Wildman–Crippen MR) is 81.7 cm³/mol. The predicted octanol–water partition coefficient (Wildman–Crippen LogP) is 5.28. The molecule has 0 aromatic rings. The summed E-state index contributed by atoms with van der Waals surface area (Å²) >= 11 is 0. The molecule has 108 valence electrons. The highest BCUT2D eigenvalue weighted by atomic mass is 14.7. The molecule has 0 aromatic carbocycles. The zero-order valence-corrected chi connectivity index (χ0v) is 13.0. The highest BCUT2D eigenvalue weighted by Crippen LogP contribution is 2.40. The van der Waals surface area contributed by atoms with Crippen molar-refractivity contribution in [3.05, 3.63) is 0 Å². The molecule has 2 unspecified atom stereocenters. The average Bonchev–Trinajstić information content (AvgIpc) is 2.32. The molecule has 0 spiro atoms. The minimum Gasteiger partial charge on any atom is -0.327 e. The van der Waals surface area contributed by atoms with Crippen molar-refractivity contribution in [3.63, 3.8) is 0 Å². The fourth-order valence-corrected chi connectivity index (χ4v) is 3.44. The third kappa shape index (κ3) is 6.22. The van der Waals surface area contributed by atoms with E-state index in [9.17, 15) is 0 Å². The molecule has 1 fully saturated rings. The number of rotatable bonds is 8. The van der Waals surface area contributed by atoms with Crippen LogP contribution in [0.1, 0.15) is 91.4 Å². The molecule has 18 heavy (non-hydrogen) atoms. The molecular formula is C17H35N. The van der Waals surface area contributed by atoms with Crippen LogP contribution < -0.4 is 5.73 Å². The molecule has 1 rings (SSSR count). The Kier molecular flexibility index (Phi) is 7.29. The second-order valence-electron chi connectivity index (χ2n) is 7.24. The lowest BCUT2D eigenvalue weighted by atomic mass is 9.69. The SMILES string of the molecule is CCCCCCCCCC1CC(C)(C)CCC1N. The second kappa shape index (κ2) is 8.19. The standard InChI is InChI=1S/C17H35N/c1-4-5-6-7-8-9-10-11-15-14-17(2,3)13-12-16(15)18/h15-16H,4-14,18H2,1-3H3. The summed E-state index contributed by atoms with van der Waals surface area (Å²) in [5, 5.41) is 0. The average molecular weight is 253 g/mol. The van der Waals surface area contributed by atoms with Gasteiger partial charge >= 0.3 is 0 Å². The van der Waals surface area contributed by atoms with Crippen LogP contribution in [-0.2, 0) is 0 Å². The highest BCUT2D eigenvalue weighted by Gasteiger charge is 2.32. The van der Waals surface area contributed by atoms with E-state index in [1.54, 1.807) is 0 Å². The Morgan fingerprint density at radius 3 is 2.28 bits per heavy atom. The lowest BCUT2D eigenvalue weighted by Gasteiger charge is -2.39. The van der Waals surface area contributed by atoms with E-state index in [4.69, 9.17) is 5.73 Å². The summed E-state index contributed by atoms with van der Waals surface area (Å²) in [6, 6.07) is 0.484. The molecule has 1 aliphatic rings. The van der Waals surface area contributed by atoms with Gasteiger partial charge in [0, 0.05) is 6.04 Å². The molecule has 0 aliphatic heterocycles. The van der Waals surface area contributed by atoms with Crippen LogP contribution in [0.4, 0.5) is 0 Å². The zero-order chi connectivity index (χ0) is 13.4. The van der Waals surface area contributed by atoms with Crippen molar-refractivity contribution in [3.8, 4) is 0 Å². The van der Waals surface area contributed by atoms with E-state index in [0.29, 0.717) is 11.5 Å². The van der Waals surface area contributed by atoms with Crippen molar-refractivity contribution in [2.75, 3.05) is 0 Å². The lowest BCUT2D eigenvalue weighted by Crippen LogP contribution is -2.39. The van der Waals surface area contributed by atoms with Crippen LogP contribution in [0.25, 0.3) is 0 Å². The smallest absolute Gasteiger partial charge is 0.00675 e. The molecule has 0 amide bonds. The van der Waals surface area contributed by atoms with Crippen molar-refractivity contribution in [2.45, 2.75) is 97.4 Å². The first-order valence-corrected chi connectivity index (χ1v) is 8.31. The molecule has 1 heteroatoms. The number of hydrogen-bond acceptors (Lipinski definition) is 1. The van der Waals surface area contributed by atoms with Gasteiger partial charge in [-0.05, 0) is 37.0 Å². The molecule has 0 saturated heterocycles. The number of nitrogens with two attached hydrogens (primary N) is 1. The maximum absolute atomic E-state index is 6.28. The zero-order valence-electron chi connectivity index (χ0n) is 13.0. The largest absolute Gasteiger partial charge is 0.327 e. The molecule has 0 radical (unpaired) electrons. The maximum atomic E-state index is 6.28. The van der Waals surface area contributed by atoms with E-state index < -0.39 is 0 Å². The van der Waals surface area contributed by atoms with Gasteiger partial charge in [0.25, 0.3) is 0 Å². The van der Waals surface area contributed by atoms with Crippen LogP contribution in [-0.4, -0.2) is 6.04 Å². The second-order valence-corrected chi connectivity index (χ2v) is 7.24. The van der Waals surface area contributed by atoms with E-state index in [0.717, 1.165) is 5.92 Å². The Hall–Kier alpha value is -0.0400. The minimum atomic E-state index is 0.484. The Morgan fingerprint density at radius 2 is 1.61 bits per heavy atom. The molecule has 1 saturated carbocycles. The van der Waals surface area contributed by atoms with Gasteiger partial charge in [-0.3, -0.25) is 0 Å². The number of hydrogen-bond donors (Lipinski definition) is 1. The Morgan fingerprint density at radius 1 is 1.00 bits per heavy atom. The molecule has 1 nitrogen and oxygen atoms in total. The third-order valence-corrected chi connectivity index (χ3v) is 4.75. The Labute approximate surface area is 115 Å². The summed E-state index contributed by atoms with van der Waals surface area (Å²) in [7, 11) is 0. The highest BCUT2D eigenvalue weighted by molar-refractivity contribution is 4.86. The molecule has 1 aliphatic carbocycles. The van der Waals surface area contributed by atoms with E-state index in [1.165, 1.54) is 70.6 Å². The van der Waals surface area contributed by atoms with Gasteiger partial charge in [-0.15, -0.1) is 0 Å². The van der Waals surface area contributed by atoms with E-state index in [2.05, 4.69) is 20.8 Å². The first-order valence-electron chi connectivity index (χ1n) is 8.31. The van der Waals surface area contributed by atoms with Gasteiger partial charge in [0.1, 0.15) is 0 Å². The van der Waals surface area contributed by atoms with Crippen LogP contribution in [0.2, 0.25) is 0 Å². The summed E-state index contributed by atoms with van der Waals surface area (Å²) in [4.78, 5) is 0. The molecule has 2 N–H and O–H groups in total. The lowest BCUT2D eigenvalue weighted by molar-refractivity contribution is 0.148. The molecule has 0 bridgehead atoms. The van der Waals surface area contributed by atoms with Crippen molar-refractivity contribution in [1.82, 2.24) is 0 Å². The van der Waals surface area contributed by atoms with Gasteiger partial charge < -0.3 is 5.73 Å². The van der Waals surface area contributed by atoms with Crippen LogP contribution in [0.15, 0.2) is 0 Å². The van der Waals surface area contributed by atoms with E-state index >= 15 is 0 Å². The molecule has 2 atom stereocenters. The third-order valence-electron chi connectivity index (χ3n) is 4.75. The van der Waals surface area contributed by atoms with Crippen molar-refractivity contribution >= 4 is 0 Å². The summed E-state index contributed by atoms with van der Waals surface area (Å²) in [5.74, 6) is 0.796. The van der Waals surface area contributed by atoms with Crippen LogP contribution in [0.5, 0.6) is 0 Å². The summed E-state index contributed by atoms with van der Waals surface area (Å²) in [6.45, 7) is 7.11. The molecule has 0 aromatic heterocycles. The van der Waals surface area contributed by atoms with Gasteiger partial charge in [0.15, 0.2) is 0 Å². The molecular weight excluding hydrogens is 218 g/mol. The van der Waals surface area contributed by atoms with Crippen molar-refractivity contribution in [1.29, 1.82) is 0 Å².